The van der Waals surface area contributed by atoms with Gasteiger partial charge in [0, 0.05) is 36.9 Å². The van der Waals surface area contributed by atoms with Gasteiger partial charge in [-0.25, -0.2) is 4.98 Å². The van der Waals surface area contributed by atoms with Crippen molar-refractivity contribution in [3.05, 3.63) is 11.4 Å². The van der Waals surface area contributed by atoms with E-state index in [-0.39, 0.29) is 11.4 Å². The molecule has 1 amide bonds. The lowest BCUT2D eigenvalue weighted by Gasteiger charge is -2.40. The van der Waals surface area contributed by atoms with Gasteiger partial charge >= 0.3 is 0 Å². The monoisotopic (exact) mass is 394 g/mol. The number of rotatable bonds is 7. The van der Waals surface area contributed by atoms with Crippen molar-refractivity contribution in [1.82, 2.24) is 19.8 Å². The summed E-state index contributed by atoms with van der Waals surface area (Å²) in [5, 5.41) is 4.12. The van der Waals surface area contributed by atoms with E-state index in [0.29, 0.717) is 18.3 Å². The third kappa shape index (κ3) is 5.06. The van der Waals surface area contributed by atoms with Gasteiger partial charge in [0.05, 0.1) is 24.7 Å². The van der Waals surface area contributed by atoms with Crippen LogP contribution >= 0.6 is 11.8 Å². The Kier molecular flexibility index (Phi) is 6.87. The zero-order valence-corrected chi connectivity index (χ0v) is 18.0. The van der Waals surface area contributed by atoms with Gasteiger partial charge in [0.1, 0.15) is 0 Å². The molecular formula is C20H34N4O2S. The average molecular weight is 395 g/mol. The van der Waals surface area contributed by atoms with Gasteiger partial charge in [0.2, 0.25) is 5.91 Å². The minimum Gasteiger partial charge on any atom is -0.379 e. The number of carbonyl (C=O) groups excluding carboxylic acids is 1. The first kappa shape index (κ1) is 20.7. The predicted molar refractivity (Wildman–Crippen MR) is 109 cm³/mol. The molecule has 6 nitrogen and oxygen atoms in total. The van der Waals surface area contributed by atoms with E-state index < -0.39 is 0 Å². The van der Waals surface area contributed by atoms with Gasteiger partial charge in [0.15, 0.2) is 5.16 Å². The summed E-state index contributed by atoms with van der Waals surface area (Å²) in [5.74, 6) is 0.500. The molecule has 7 heteroatoms. The molecule has 2 heterocycles. The lowest BCUT2D eigenvalue weighted by atomic mass is 10.0. The highest BCUT2D eigenvalue weighted by Crippen LogP contribution is 2.35. The molecule has 0 unspecified atom stereocenters. The van der Waals surface area contributed by atoms with E-state index in [1.54, 1.807) is 11.8 Å². The zero-order chi connectivity index (χ0) is 19.4. The van der Waals surface area contributed by atoms with Gasteiger partial charge in [-0.2, -0.15) is 0 Å². The minimum atomic E-state index is -0.0560. The first-order chi connectivity index (χ1) is 12.9. The molecule has 27 heavy (non-hydrogen) atoms. The van der Waals surface area contributed by atoms with Crippen molar-refractivity contribution in [1.29, 1.82) is 0 Å². The standard InChI is InChI=1S/C20H34N4O2S/c1-15-16(2)24(17-7-5-6-8-17)19(22-15)27-13-18(25)21-14-20(3,4)23-9-11-26-12-10-23/h17H,5-14H2,1-4H3,(H,21,25). The molecule has 1 saturated heterocycles. The quantitative estimate of drug-likeness (QED) is 0.721. The van der Waals surface area contributed by atoms with Crippen LogP contribution in [0.15, 0.2) is 5.16 Å². The Balaban J connectivity index is 1.52. The van der Waals surface area contributed by atoms with Crippen LogP contribution in [0.5, 0.6) is 0 Å². The Bertz CT molecular complexity index is 647. The number of nitrogens with one attached hydrogen (secondary N) is 1. The molecule has 0 bridgehead atoms. The molecule has 0 radical (unpaired) electrons. The molecule has 3 rings (SSSR count). The van der Waals surface area contributed by atoms with Crippen LogP contribution in [0.1, 0.15) is 57.0 Å². The van der Waals surface area contributed by atoms with E-state index in [2.05, 4.69) is 42.5 Å². The smallest absolute Gasteiger partial charge is 0.230 e. The summed E-state index contributed by atoms with van der Waals surface area (Å²) in [6.45, 7) is 12.6. The van der Waals surface area contributed by atoms with Gasteiger partial charge in [-0.15, -0.1) is 0 Å². The largest absolute Gasteiger partial charge is 0.379 e. The first-order valence-corrected chi connectivity index (χ1v) is 11.1. The molecule has 1 aliphatic carbocycles. The van der Waals surface area contributed by atoms with E-state index in [4.69, 9.17) is 9.72 Å². The number of hydrogen-bond donors (Lipinski definition) is 1. The Labute approximate surface area is 167 Å². The SMILES string of the molecule is Cc1nc(SCC(=O)NCC(C)(C)N2CCOCC2)n(C2CCCC2)c1C. The maximum atomic E-state index is 12.5. The number of aryl methyl sites for hydroxylation is 1. The zero-order valence-electron chi connectivity index (χ0n) is 17.2. The Morgan fingerprint density at radius 2 is 1.93 bits per heavy atom. The van der Waals surface area contributed by atoms with Crippen LogP contribution in [0.3, 0.4) is 0 Å². The number of imidazole rings is 1. The minimum absolute atomic E-state index is 0.0560. The van der Waals surface area contributed by atoms with Crippen LogP contribution in [0.2, 0.25) is 0 Å². The van der Waals surface area contributed by atoms with Crippen molar-refractivity contribution in [3.63, 3.8) is 0 Å². The van der Waals surface area contributed by atoms with Gasteiger partial charge in [-0.3, -0.25) is 9.69 Å². The molecule has 0 spiro atoms. The van der Waals surface area contributed by atoms with Crippen molar-refractivity contribution in [2.75, 3.05) is 38.6 Å². The summed E-state index contributed by atoms with van der Waals surface area (Å²) in [4.78, 5) is 19.6. The van der Waals surface area contributed by atoms with Crippen LogP contribution < -0.4 is 5.32 Å². The molecule has 1 aromatic heterocycles. The van der Waals surface area contributed by atoms with Gasteiger partial charge in [0.25, 0.3) is 0 Å². The average Bonchev–Trinajstić information content (AvgIpc) is 3.27. The van der Waals surface area contributed by atoms with Gasteiger partial charge in [-0.05, 0) is 40.5 Å². The van der Waals surface area contributed by atoms with Crippen molar-refractivity contribution in [3.8, 4) is 0 Å². The van der Waals surface area contributed by atoms with Crippen LogP contribution in [-0.4, -0.2) is 64.5 Å². The molecule has 1 aromatic rings. The van der Waals surface area contributed by atoms with Crippen LogP contribution in [0, 0.1) is 13.8 Å². The second-order valence-electron chi connectivity index (χ2n) is 8.35. The molecule has 1 saturated carbocycles. The fourth-order valence-electron chi connectivity index (χ4n) is 4.07. The lowest BCUT2D eigenvalue weighted by molar-refractivity contribution is -0.119. The molecular weight excluding hydrogens is 360 g/mol. The number of carbonyl (C=O) groups is 1. The highest BCUT2D eigenvalue weighted by molar-refractivity contribution is 7.99. The van der Waals surface area contributed by atoms with E-state index in [0.717, 1.165) is 37.2 Å². The van der Waals surface area contributed by atoms with E-state index in [1.807, 2.05) is 0 Å². The van der Waals surface area contributed by atoms with Crippen molar-refractivity contribution in [2.24, 2.45) is 0 Å². The Morgan fingerprint density at radius 3 is 2.59 bits per heavy atom. The second-order valence-corrected chi connectivity index (χ2v) is 9.29. The number of hydrogen-bond acceptors (Lipinski definition) is 5. The van der Waals surface area contributed by atoms with Crippen molar-refractivity contribution >= 4 is 17.7 Å². The molecule has 2 fully saturated rings. The van der Waals surface area contributed by atoms with Crippen LogP contribution in [-0.2, 0) is 9.53 Å². The molecule has 1 aliphatic heterocycles. The van der Waals surface area contributed by atoms with E-state index >= 15 is 0 Å². The molecule has 2 aliphatic rings. The topological polar surface area (TPSA) is 59.4 Å². The summed E-state index contributed by atoms with van der Waals surface area (Å²) in [7, 11) is 0. The maximum Gasteiger partial charge on any atom is 0.230 e. The normalized spacial score (nSPS) is 19.6. The second kappa shape index (κ2) is 8.97. The Morgan fingerprint density at radius 1 is 1.26 bits per heavy atom. The Hall–Kier alpha value is -1.05. The fraction of sp³-hybridized carbons (Fsp3) is 0.800. The molecule has 0 aromatic carbocycles. The highest BCUT2D eigenvalue weighted by atomic mass is 32.2. The number of morpholine rings is 1. The predicted octanol–water partition coefficient (Wildman–Crippen LogP) is 2.93. The van der Waals surface area contributed by atoms with Gasteiger partial charge < -0.3 is 14.6 Å². The fourth-order valence-corrected chi connectivity index (χ4v) is 5.06. The summed E-state index contributed by atoms with van der Waals surface area (Å²) in [6, 6.07) is 0.553. The lowest BCUT2D eigenvalue weighted by Crippen LogP contribution is -2.55. The number of amides is 1. The number of nitrogens with zero attached hydrogens (tertiary/aromatic N) is 3. The van der Waals surface area contributed by atoms with E-state index in [1.165, 1.54) is 31.4 Å². The van der Waals surface area contributed by atoms with Gasteiger partial charge in [-0.1, -0.05) is 24.6 Å². The summed E-state index contributed by atoms with van der Waals surface area (Å²) in [6.07, 6.45) is 5.04. The summed E-state index contributed by atoms with van der Waals surface area (Å²) < 4.78 is 7.80. The first-order valence-electron chi connectivity index (χ1n) is 10.2. The van der Waals surface area contributed by atoms with Crippen LogP contribution in [0.4, 0.5) is 0 Å². The third-order valence-corrected chi connectivity index (χ3v) is 6.91. The summed E-state index contributed by atoms with van der Waals surface area (Å²) in [5.41, 5.74) is 2.27. The number of thioether (sulfide) groups is 1. The highest BCUT2D eigenvalue weighted by Gasteiger charge is 2.29. The number of ether oxygens (including phenoxy) is 1. The molecule has 0 atom stereocenters. The van der Waals surface area contributed by atoms with Crippen LogP contribution in [0.25, 0.3) is 0 Å². The number of aromatic nitrogens is 2. The van der Waals surface area contributed by atoms with E-state index in [9.17, 15) is 4.79 Å². The van der Waals surface area contributed by atoms with Crippen molar-refractivity contribution < 1.29 is 9.53 Å². The maximum absolute atomic E-state index is 12.5. The molecule has 152 valence electrons. The molecule has 1 N–H and O–H groups in total. The van der Waals surface area contributed by atoms with Crippen molar-refractivity contribution in [2.45, 2.75) is 70.1 Å². The third-order valence-electron chi connectivity index (χ3n) is 5.96. The summed E-state index contributed by atoms with van der Waals surface area (Å²) >= 11 is 1.57.